The van der Waals surface area contributed by atoms with E-state index in [-0.39, 0.29) is 18.9 Å². The molecular formula is C14H21N3O4. The number of aryl methyl sites for hydroxylation is 1. The van der Waals surface area contributed by atoms with Crippen molar-refractivity contribution in [1.82, 2.24) is 14.9 Å². The van der Waals surface area contributed by atoms with Gasteiger partial charge < -0.3 is 10.4 Å². The van der Waals surface area contributed by atoms with Crippen LogP contribution in [-0.4, -0.2) is 33.1 Å². The standard InChI is InChI=1S/C14H21N3O4/c1-5-15-12(18)7-17-10(4)11(6-8(2)13(19)20)9(3)16-14(17)21/h8H,5-7H2,1-4H3,(H,15,18)(H,19,20). The summed E-state index contributed by atoms with van der Waals surface area (Å²) in [5, 5.41) is 11.6. The molecule has 0 fully saturated rings. The molecule has 0 saturated carbocycles. The Morgan fingerprint density at radius 2 is 2.00 bits per heavy atom. The first-order chi connectivity index (χ1) is 9.77. The zero-order chi connectivity index (χ0) is 16.2. The highest BCUT2D eigenvalue weighted by atomic mass is 16.4. The van der Waals surface area contributed by atoms with Crippen LogP contribution in [0.3, 0.4) is 0 Å². The highest BCUT2D eigenvalue weighted by Gasteiger charge is 2.19. The number of carboxylic acids is 1. The fourth-order valence-electron chi connectivity index (χ4n) is 2.11. The van der Waals surface area contributed by atoms with Gasteiger partial charge in [-0.3, -0.25) is 14.2 Å². The maximum atomic E-state index is 11.9. The molecule has 0 bridgehead atoms. The van der Waals surface area contributed by atoms with Crippen molar-refractivity contribution in [2.45, 2.75) is 40.7 Å². The Hall–Kier alpha value is -2.18. The van der Waals surface area contributed by atoms with E-state index in [9.17, 15) is 14.4 Å². The van der Waals surface area contributed by atoms with Gasteiger partial charge in [0.25, 0.3) is 0 Å². The SMILES string of the molecule is CCNC(=O)Cn1c(C)c(CC(C)C(=O)O)c(C)nc1=O. The van der Waals surface area contributed by atoms with E-state index in [1.165, 1.54) is 4.57 Å². The number of carbonyl (C=O) groups excluding carboxylic acids is 1. The van der Waals surface area contributed by atoms with E-state index in [1.807, 2.05) is 0 Å². The van der Waals surface area contributed by atoms with Gasteiger partial charge in [-0.25, -0.2) is 4.79 Å². The maximum absolute atomic E-state index is 11.9. The van der Waals surface area contributed by atoms with E-state index in [0.717, 1.165) is 0 Å². The average Bonchev–Trinajstić information content (AvgIpc) is 2.39. The zero-order valence-electron chi connectivity index (χ0n) is 12.8. The molecule has 7 heteroatoms. The van der Waals surface area contributed by atoms with E-state index in [2.05, 4.69) is 10.3 Å². The zero-order valence-corrected chi connectivity index (χ0v) is 12.8. The molecule has 0 saturated heterocycles. The molecule has 1 unspecified atom stereocenters. The van der Waals surface area contributed by atoms with Crippen LogP contribution in [-0.2, 0) is 22.6 Å². The molecule has 1 rings (SSSR count). The first-order valence-corrected chi connectivity index (χ1v) is 6.84. The lowest BCUT2D eigenvalue weighted by atomic mass is 9.99. The highest BCUT2D eigenvalue weighted by molar-refractivity contribution is 5.75. The number of rotatable bonds is 6. The molecule has 0 aliphatic carbocycles. The number of nitrogens with zero attached hydrogens (tertiary/aromatic N) is 2. The largest absolute Gasteiger partial charge is 0.481 e. The lowest BCUT2D eigenvalue weighted by Crippen LogP contribution is -2.35. The van der Waals surface area contributed by atoms with E-state index >= 15 is 0 Å². The second kappa shape index (κ2) is 7.01. The number of nitrogens with one attached hydrogen (secondary N) is 1. The lowest BCUT2D eigenvalue weighted by molar-refractivity contribution is -0.141. The minimum absolute atomic E-state index is 0.111. The van der Waals surface area contributed by atoms with Gasteiger partial charge in [-0.05, 0) is 32.8 Å². The number of aliphatic carboxylic acids is 1. The molecule has 0 aromatic carbocycles. The van der Waals surface area contributed by atoms with Gasteiger partial charge >= 0.3 is 11.7 Å². The van der Waals surface area contributed by atoms with Crippen molar-refractivity contribution < 1.29 is 14.7 Å². The molecule has 7 nitrogen and oxygen atoms in total. The first kappa shape index (κ1) is 16.9. The monoisotopic (exact) mass is 295 g/mol. The van der Waals surface area contributed by atoms with Crippen LogP contribution in [0.15, 0.2) is 4.79 Å². The Kier molecular flexibility index (Phi) is 5.63. The van der Waals surface area contributed by atoms with Gasteiger partial charge in [-0.1, -0.05) is 6.92 Å². The van der Waals surface area contributed by atoms with Crippen molar-refractivity contribution in [2.24, 2.45) is 5.92 Å². The Balaban J connectivity index is 3.19. The van der Waals surface area contributed by atoms with Gasteiger partial charge in [0.15, 0.2) is 0 Å². The summed E-state index contributed by atoms with van der Waals surface area (Å²) in [6.07, 6.45) is 0.273. The van der Waals surface area contributed by atoms with E-state index in [4.69, 9.17) is 5.11 Å². The third kappa shape index (κ3) is 4.14. The van der Waals surface area contributed by atoms with Crippen LogP contribution >= 0.6 is 0 Å². The highest BCUT2D eigenvalue weighted by Crippen LogP contribution is 2.15. The van der Waals surface area contributed by atoms with Crippen LogP contribution in [0.5, 0.6) is 0 Å². The Bertz CT molecular complexity index is 607. The molecule has 0 aliphatic rings. The molecule has 1 atom stereocenters. The predicted molar refractivity (Wildman–Crippen MR) is 77.2 cm³/mol. The summed E-state index contributed by atoms with van der Waals surface area (Å²) < 4.78 is 1.28. The second-order valence-corrected chi connectivity index (χ2v) is 5.03. The molecule has 21 heavy (non-hydrogen) atoms. The van der Waals surface area contributed by atoms with Crippen molar-refractivity contribution in [3.63, 3.8) is 0 Å². The van der Waals surface area contributed by atoms with Crippen molar-refractivity contribution in [3.8, 4) is 0 Å². The van der Waals surface area contributed by atoms with Crippen LogP contribution in [0.25, 0.3) is 0 Å². The summed E-state index contributed by atoms with van der Waals surface area (Å²) in [5.74, 6) is -1.76. The molecule has 0 radical (unpaired) electrons. The summed E-state index contributed by atoms with van der Waals surface area (Å²) in [5.41, 5.74) is 1.31. The van der Waals surface area contributed by atoms with E-state index in [0.29, 0.717) is 23.5 Å². The van der Waals surface area contributed by atoms with Gasteiger partial charge in [0.05, 0.1) is 5.92 Å². The number of amides is 1. The van der Waals surface area contributed by atoms with Gasteiger partial charge in [-0.15, -0.1) is 0 Å². The summed E-state index contributed by atoms with van der Waals surface area (Å²) in [7, 11) is 0. The van der Waals surface area contributed by atoms with E-state index < -0.39 is 17.6 Å². The Morgan fingerprint density at radius 3 is 2.52 bits per heavy atom. The topological polar surface area (TPSA) is 101 Å². The van der Waals surface area contributed by atoms with Crippen molar-refractivity contribution in [2.75, 3.05) is 6.54 Å². The Labute approximate surface area is 123 Å². The number of hydrogen-bond acceptors (Lipinski definition) is 4. The van der Waals surface area contributed by atoms with Crippen LogP contribution in [0.2, 0.25) is 0 Å². The summed E-state index contributed by atoms with van der Waals surface area (Å²) in [6, 6.07) is 0. The van der Waals surface area contributed by atoms with Gasteiger partial charge in [0.1, 0.15) is 6.54 Å². The number of hydrogen-bond donors (Lipinski definition) is 2. The first-order valence-electron chi connectivity index (χ1n) is 6.84. The quantitative estimate of drug-likeness (QED) is 0.784. The van der Waals surface area contributed by atoms with Crippen LogP contribution < -0.4 is 11.0 Å². The molecule has 116 valence electrons. The number of aromatic nitrogens is 2. The molecule has 2 N–H and O–H groups in total. The summed E-state index contributed by atoms with van der Waals surface area (Å²) in [4.78, 5) is 38.5. The molecule has 1 heterocycles. The normalized spacial score (nSPS) is 12.0. The molecule has 0 aliphatic heterocycles. The third-order valence-electron chi connectivity index (χ3n) is 3.38. The lowest BCUT2D eigenvalue weighted by Gasteiger charge is -2.16. The molecule has 0 spiro atoms. The van der Waals surface area contributed by atoms with Crippen LogP contribution in [0.4, 0.5) is 0 Å². The average molecular weight is 295 g/mol. The minimum Gasteiger partial charge on any atom is -0.481 e. The van der Waals surface area contributed by atoms with Gasteiger partial charge in [0, 0.05) is 17.9 Å². The summed E-state index contributed by atoms with van der Waals surface area (Å²) >= 11 is 0. The fourth-order valence-corrected chi connectivity index (χ4v) is 2.11. The number of carboxylic acid groups (broad SMARTS) is 1. The van der Waals surface area contributed by atoms with Gasteiger partial charge in [0.2, 0.25) is 5.91 Å². The fraction of sp³-hybridized carbons (Fsp3) is 0.571. The van der Waals surface area contributed by atoms with E-state index in [1.54, 1.807) is 27.7 Å². The number of carbonyl (C=O) groups is 2. The smallest absolute Gasteiger partial charge is 0.348 e. The predicted octanol–water partition coefficient (Wildman–Crippen LogP) is 0.259. The second-order valence-electron chi connectivity index (χ2n) is 5.03. The van der Waals surface area contributed by atoms with Crippen molar-refractivity contribution in [3.05, 3.63) is 27.4 Å². The summed E-state index contributed by atoms with van der Waals surface area (Å²) in [6.45, 7) is 7.14. The molecule has 1 aromatic heterocycles. The van der Waals surface area contributed by atoms with Gasteiger partial charge in [-0.2, -0.15) is 4.98 Å². The molecular weight excluding hydrogens is 274 g/mol. The van der Waals surface area contributed by atoms with Crippen molar-refractivity contribution >= 4 is 11.9 Å². The minimum atomic E-state index is -0.907. The van der Waals surface area contributed by atoms with Crippen molar-refractivity contribution in [1.29, 1.82) is 0 Å². The van der Waals surface area contributed by atoms with Crippen LogP contribution in [0, 0.1) is 19.8 Å². The molecule has 1 aromatic rings. The third-order valence-corrected chi connectivity index (χ3v) is 3.38. The maximum Gasteiger partial charge on any atom is 0.348 e. The molecule has 1 amide bonds. The van der Waals surface area contributed by atoms with Crippen LogP contribution in [0.1, 0.15) is 30.8 Å². The number of likely N-dealkylation sites (N-methyl/N-ethyl adjacent to an activating group) is 1. The Morgan fingerprint density at radius 1 is 1.38 bits per heavy atom.